The van der Waals surface area contributed by atoms with Crippen LogP contribution in [0.1, 0.15) is 83.1 Å². The fraction of sp³-hybridized carbons (Fsp3) is 0.500. The minimum absolute atomic E-state index is 0.00451. The number of benzene rings is 2. The number of hydrogen-bond donors (Lipinski definition) is 5. The maximum Gasteiger partial charge on any atom is 0.341 e. The molecule has 3 aliphatic carbocycles. The van der Waals surface area contributed by atoms with Gasteiger partial charge in [0, 0.05) is 56.4 Å². The van der Waals surface area contributed by atoms with Gasteiger partial charge < -0.3 is 49.2 Å². The number of aliphatic hydroxyl groups excluding tert-OH is 2. The van der Waals surface area contributed by atoms with Crippen LogP contribution in [0.3, 0.4) is 0 Å². The second-order valence-corrected chi connectivity index (χ2v) is 12.9. The summed E-state index contributed by atoms with van der Waals surface area (Å²) in [5, 5.41) is 60.9. The molecule has 1 fully saturated rings. The number of fused-ring (bicyclic) bond motifs is 5. The molecule has 17 nitrogen and oxygen atoms in total. The number of phenols is 2. The predicted molar refractivity (Wildman–Crippen MR) is 171 cm³/mol. The number of rotatable bonds is 6. The van der Waals surface area contributed by atoms with Crippen LogP contribution < -0.4 is 0 Å². The second-order valence-electron chi connectivity index (χ2n) is 12.9. The molecule has 6 rings (SSSR count). The summed E-state index contributed by atoms with van der Waals surface area (Å²) in [6.07, 6.45) is -8.04. The first-order chi connectivity index (χ1) is 24.1. The van der Waals surface area contributed by atoms with Gasteiger partial charge >= 0.3 is 5.97 Å². The lowest BCUT2D eigenvalue weighted by Gasteiger charge is -2.53. The van der Waals surface area contributed by atoms with Crippen molar-refractivity contribution in [3.05, 3.63) is 61.5 Å². The van der Waals surface area contributed by atoms with Gasteiger partial charge in [0.2, 0.25) is 17.3 Å². The van der Waals surface area contributed by atoms with Gasteiger partial charge in [0.25, 0.3) is 0 Å². The highest BCUT2D eigenvalue weighted by Crippen LogP contribution is 2.57. The maximum absolute atomic E-state index is 14.7. The van der Waals surface area contributed by atoms with E-state index in [1.54, 1.807) is 6.92 Å². The number of methoxy groups -OCH3 is 4. The molecule has 1 heterocycles. The Hall–Kier alpha value is -4.49. The van der Waals surface area contributed by atoms with Crippen LogP contribution in [0.15, 0.2) is 22.3 Å². The molecular formula is C34H36N2O15. The Kier molecular flexibility index (Phi) is 8.99. The first-order valence-electron chi connectivity index (χ1n) is 15.8. The quantitative estimate of drug-likeness (QED) is 0.204. The molecule has 9 atom stereocenters. The highest BCUT2D eigenvalue weighted by Gasteiger charge is 2.72. The first kappa shape index (κ1) is 36.3. The highest BCUT2D eigenvalue weighted by molar-refractivity contribution is 6.48. The topological polar surface area (TPSA) is 257 Å². The zero-order valence-electron chi connectivity index (χ0n) is 28.3. The third-order valence-electron chi connectivity index (χ3n) is 10.5. The average Bonchev–Trinajstić information content (AvgIpc) is 3.08. The van der Waals surface area contributed by atoms with Gasteiger partial charge in [-0.1, -0.05) is 11.2 Å². The summed E-state index contributed by atoms with van der Waals surface area (Å²) in [7, 11) is 4.62. The molecule has 2 aromatic rings. The van der Waals surface area contributed by atoms with E-state index in [2.05, 4.69) is 10.2 Å². The van der Waals surface area contributed by atoms with E-state index in [9.17, 15) is 49.6 Å². The number of esters is 1. The predicted octanol–water partition coefficient (Wildman–Crippen LogP) is 0.732. The lowest BCUT2D eigenvalue weighted by Crippen LogP contribution is -2.73. The van der Waals surface area contributed by atoms with Crippen molar-refractivity contribution in [2.24, 2.45) is 10.2 Å². The summed E-state index contributed by atoms with van der Waals surface area (Å²) in [5.74, 6) is -6.56. The van der Waals surface area contributed by atoms with E-state index in [0.717, 1.165) is 20.3 Å². The number of ether oxygens (including phenoxy) is 5. The largest absolute Gasteiger partial charge is 0.507 e. The second kappa shape index (κ2) is 12.6. The van der Waals surface area contributed by atoms with Crippen LogP contribution >= 0.6 is 0 Å². The molecule has 0 radical (unpaired) electrons. The molecule has 1 saturated heterocycles. The van der Waals surface area contributed by atoms with Crippen molar-refractivity contribution in [1.82, 2.24) is 0 Å². The Morgan fingerprint density at radius 3 is 2.22 bits per heavy atom. The van der Waals surface area contributed by atoms with Crippen LogP contribution in [0.2, 0.25) is 0 Å². The van der Waals surface area contributed by atoms with Crippen LogP contribution in [-0.2, 0) is 35.7 Å². The fourth-order valence-corrected chi connectivity index (χ4v) is 8.13. The number of Topliss-reactive ketones (excluding diaryl/α,β-unsaturated/α-hetero) is 3. The van der Waals surface area contributed by atoms with Crippen molar-refractivity contribution >= 4 is 29.0 Å². The van der Waals surface area contributed by atoms with Gasteiger partial charge in [-0.25, -0.2) is 4.79 Å². The molecule has 1 aliphatic heterocycles. The normalized spacial score (nSPS) is 33.6. The standard InChI is InChI=1S/C34H36N2O15/c1-11-7-13-8-18(37)34(50-6)30(43)21-15(29(42)33(34,45)22(13)25(40)19(11)32(44)49-5)9-14-20(24(21)39)16(36-46)10-17(23(14)38)35-31-28(48-4)26(41)27(47-3)12(2)51-31/h7,9,12,16,18,26-28,31,37,39-41,45H,8,10H2,1-6H3/t12-,16?,18+,26+,27-,28+,31-,33-,34+/m0/s1. The van der Waals surface area contributed by atoms with Gasteiger partial charge in [0.1, 0.15) is 41.4 Å². The number of carbonyl (C=O) groups excluding carboxylic acids is 4. The Labute approximate surface area is 289 Å². The van der Waals surface area contributed by atoms with Gasteiger partial charge in [0.05, 0.1) is 30.6 Å². The van der Waals surface area contributed by atoms with Crippen molar-refractivity contribution in [2.45, 2.75) is 80.7 Å². The van der Waals surface area contributed by atoms with E-state index in [0.29, 0.717) is 0 Å². The van der Waals surface area contributed by atoms with Gasteiger partial charge in [0.15, 0.2) is 17.4 Å². The lowest BCUT2D eigenvalue weighted by atomic mass is 9.56. The third kappa shape index (κ3) is 4.69. The summed E-state index contributed by atoms with van der Waals surface area (Å²) in [5.41, 5.74) is -9.69. The molecule has 0 bridgehead atoms. The zero-order valence-corrected chi connectivity index (χ0v) is 28.3. The number of ketones is 3. The van der Waals surface area contributed by atoms with Crippen LogP contribution in [0, 0.1) is 11.8 Å². The number of phenolic OH excluding ortho intramolecular Hbond substituents is 2. The van der Waals surface area contributed by atoms with E-state index >= 15 is 0 Å². The molecular weight excluding hydrogens is 676 g/mol. The molecule has 0 spiro atoms. The van der Waals surface area contributed by atoms with Crippen molar-refractivity contribution in [2.75, 3.05) is 28.4 Å². The smallest absolute Gasteiger partial charge is 0.341 e. The summed E-state index contributed by atoms with van der Waals surface area (Å²) in [6, 6.07) is 0.687. The maximum atomic E-state index is 14.7. The van der Waals surface area contributed by atoms with Gasteiger partial charge in [-0.3, -0.25) is 19.4 Å². The molecule has 2 aromatic carbocycles. The Balaban J connectivity index is 1.57. The van der Waals surface area contributed by atoms with Crippen LogP contribution in [0.25, 0.3) is 0 Å². The van der Waals surface area contributed by atoms with E-state index in [1.165, 1.54) is 27.2 Å². The number of hydrogen-bond acceptors (Lipinski definition) is 17. The average molecular weight is 713 g/mol. The van der Waals surface area contributed by atoms with Gasteiger partial charge in [-0.05, 0) is 31.0 Å². The van der Waals surface area contributed by atoms with Crippen molar-refractivity contribution in [3.8, 4) is 11.5 Å². The molecule has 4 aliphatic rings. The van der Waals surface area contributed by atoms with E-state index in [-0.39, 0.29) is 16.8 Å². The molecule has 272 valence electrons. The summed E-state index contributed by atoms with van der Waals surface area (Å²) >= 11 is 0. The summed E-state index contributed by atoms with van der Waals surface area (Å²) in [6.45, 7) is 3.05. The van der Waals surface area contributed by atoms with Crippen molar-refractivity contribution in [3.63, 3.8) is 0 Å². The van der Waals surface area contributed by atoms with Gasteiger partial charge in [-0.2, -0.15) is 4.91 Å². The number of aryl methyl sites for hydroxylation is 1. The Morgan fingerprint density at radius 1 is 0.961 bits per heavy atom. The van der Waals surface area contributed by atoms with Crippen LogP contribution in [0.5, 0.6) is 11.5 Å². The monoisotopic (exact) mass is 712 g/mol. The number of aliphatic imine (C=N–C) groups is 1. The molecule has 0 amide bonds. The van der Waals surface area contributed by atoms with Gasteiger partial charge in [-0.15, -0.1) is 0 Å². The minimum atomic E-state index is -3.23. The van der Waals surface area contributed by atoms with E-state index < -0.39 is 135 Å². The van der Waals surface area contributed by atoms with E-state index in [4.69, 9.17) is 23.7 Å². The lowest BCUT2D eigenvalue weighted by molar-refractivity contribution is -0.228. The molecule has 17 heteroatoms. The summed E-state index contributed by atoms with van der Waals surface area (Å²) < 4.78 is 26.8. The minimum Gasteiger partial charge on any atom is -0.507 e. The van der Waals surface area contributed by atoms with E-state index in [1.807, 2.05) is 0 Å². The number of nitrogens with zero attached hydrogens (tertiary/aromatic N) is 2. The zero-order chi connectivity index (χ0) is 37.5. The van der Waals surface area contributed by atoms with Crippen molar-refractivity contribution in [1.29, 1.82) is 0 Å². The number of aromatic hydroxyl groups is 2. The number of aliphatic hydroxyl groups is 3. The number of carbonyl (C=O) groups is 4. The van der Waals surface area contributed by atoms with Crippen LogP contribution in [-0.4, -0.2) is 125 Å². The SMILES string of the molecule is COC(=O)c1c(C)cc2c(c1O)[C@]1(O)C(=O)c3cc4c(c(O)c3C(=O)[C@]1(OC)[C@H](O)C2)C(N=O)CC(=N[C@H]1O[C@@H](C)[C@H](OC)[C@@H](O)[C@H]1OC)C4=O. The number of nitroso groups, excluding NO2 is 1. The highest BCUT2D eigenvalue weighted by atomic mass is 16.6. The fourth-order valence-electron chi connectivity index (χ4n) is 8.13. The van der Waals surface area contributed by atoms with Crippen molar-refractivity contribution < 1.29 is 68.4 Å². The Morgan fingerprint density at radius 2 is 1.63 bits per heavy atom. The molecule has 0 aromatic heterocycles. The van der Waals surface area contributed by atoms with Crippen LogP contribution in [0.4, 0.5) is 0 Å². The third-order valence-corrected chi connectivity index (χ3v) is 10.5. The first-order valence-corrected chi connectivity index (χ1v) is 15.8. The molecule has 1 unspecified atom stereocenters. The molecule has 5 N–H and O–H groups in total. The molecule has 0 saturated carbocycles. The Bertz CT molecular complexity index is 1930. The molecule has 51 heavy (non-hydrogen) atoms. The summed E-state index contributed by atoms with van der Waals surface area (Å²) in [4.78, 5) is 72.5.